The van der Waals surface area contributed by atoms with E-state index in [-0.39, 0.29) is 5.91 Å². The summed E-state index contributed by atoms with van der Waals surface area (Å²) in [6, 6.07) is 7.85. The number of likely N-dealkylation sites (tertiary alicyclic amines) is 1. The molecule has 1 aromatic heterocycles. The van der Waals surface area contributed by atoms with Gasteiger partial charge in [0, 0.05) is 19.1 Å². The summed E-state index contributed by atoms with van der Waals surface area (Å²) in [5.74, 6) is 3.64. The van der Waals surface area contributed by atoms with Crippen molar-refractivity contribution in [2.75, 3.05) is 18.8 Å². The standard InChI is InChI=1S/C23H29ClN4O2S/c24-19-7-3-4-8-20(19)30-14-21-25-26-23(28(21)18-9-10-18)31-15-22(29)27-12-11-16-5-1-2-6-17(16)13-27/h3-4,7-8,16-18H,1-2,5-6,9-15H2/t16-,17+/m1/s1. The topological polar surface area (TPSA) is 60.2 Å². The van der Waals surface area contributed by atoms with E-state index in [0.717, 1.165) is 42.8 Å². The first-order chi connectivity index (χ1) is 15.2. The van der Waals surface area contributed by atoms with E-state index in [2.05, 4.69) is 19.7 Å². The number of para-hydroxylation sites is 1. The largest absolute Gasteiger partial charge is 0.484 e. The quantitative estimate of drug-likeness (QED) is 0.545. The van der Waals surface area contributed by atoms with Gasteiger partial charge in [-0.25, -0.2) is 0 Å². The molecule has 0 radical (unpaired) electrons. The van der Waals surface area contributed by atoms with Crippen molar-refractivity contribution in [2.45, 2.75) is 62.8 Å². The van der Waals surface area contributed by atoms with Gasteiger partial charge in [0.1, 0.15) is 12.4 Å². The summed E-state index contributed by atoms with van der Waals surface area (Å²) < 4.78 is 8.04. The zero-order valence-corrected chi connectivity index (χ0v) is 19.3. The third-order valence-corrected chi connectivity index (χ3v) is 8.05. The molecule has 166 valence electrons. The molecule has 31 heavy (non-hydrogen) atoms. The predicted octanol–water partition coefficient (Wildman–Crippen LogP) is 4.98. The van der Waals surface area contributed by atoms with E-state index in [1.54, 1.807) is 0 Å². The van der Waals surface area contributed by atoms with Crippen molar-refractivity contribution in [1.82, 2.24) is 19.7 Å². The Labute approximate surface area is 192 Å². The van der Waals surface area contributed by atoms with E-state index in [4.69, 9.17) is 16.3 Å². The van der Waals surface area contributed by atoms with Gasteiger partial charge in [-0.15, -0.1) is 10.2 Å². The summed E-state index contributed by atoms with van der Waals surface area (Å²) in [4.78, 5) is 15.0. The van der Waals surface area contributed by atoms with E-state index >= 15 is 0 Å². The molecule has 5 rings (SSSR count). The van der Waals surface area contributed by atoms with Crippen LogP contribution in [0.15, 0.2) is 29.4 Å². The molecule has 1 aromatic carbocycles. The summed E-state index contributed by atoms with van der Waals surface area (Å²) >= 11 is 7.71. The average molecular weight is 461 g/mol. The van der Waals surface area contributed by atoms with Crippen molar-refractivity contribution < 1.29 is 9.53 Å². The minimum Gasteiger partial charge on any atom is -0.484 e. The Morgan fingerprint density at radius 3 is 2.71 bits per heavy atom. The molecule has 2 saturated carbocycles. The third kappa shape index (κ3) is 4.87. The predicted molar refractivity (Wildman–Crippen MR) is 121 cm³/mol. The van der Waals surface area contributed by atoms with Crippen LogP contribution in [0, 0.1) is 11.8 Å². The highest BCUT2D eigenvalue weighted by molar-refractivity contribution is 7.99. The number of thioether (sulfide) groups is 1. The second-order valence-electron chi connectivity index (χ2n) is 8.94. The molecule has 0 bridgehead atoms. The molecule has 2 aromatic rings. The second-order valence-corrected chi connectivity index (χ2v) is 10.3. The van der Waals surface area contributed by atoms with Crippen LogP contribution in [-0.4, -0.2) is 44.4 Å². The monoisotopic (exact) mass is 460 g/mol. The van der Waals surface area contributed by atoms with E-state index in [0.29, 0.717) is 35.1 Å². The van der Waals surface area contributed by atoms with Crippen molar-refractivity contribution in [3.8, 4) is 5.75 Å². The van der Waals surface area contributed by atoms with Gasteiger partial charge in [-0.1, -0.05) is 54.8 Å². The lowest BCUT2D eigenvalue weighted by Crippen LogP contribution is -2.45. The first-order valence-corrected chi connectivity index (χ1v) is 12.8. The molecule has 2 atom stereocenters. The molecule has 3 fully saturated rings. The van der Waals surface area contributed by atoms with E-state index in [1.165, 1.54) is 43.9 Å². The Morgan fingerprint density at radius 2 is 1.90 bits per heavy atom. The molecule has 0 unspecified atom stereocenters. The van der Waals surface area contributed by atoms with E-state index in [1.807, 2.05) is 24.3 Å². The minimum absolute atomic E-state index is 0.230. The average Bonchev–Trinajstić information content (AvgIpc) is 3.56. The van der Waals surface area contributed by atoms with Crippen LogP contribution in [0.2, 0.25) is 5.02 Å². The minimum atomic E-state index is 0.230. The maximum Gasteiger partial charge on any atom is 0.233 e. The Kier molecular flexibility index (Phi) is 6.41. The number of rotatable bonds is 7. The van der Waals surface area contributed by atoms with Crippen molar-refractivity contribution in [1.29, 1.82) is 0 Å². The van der Waals surface area contributed by atoms with Gasteiger partial charge in [-0.3, -0.25) is 9.36 Å². The van der Waals surface area contributed by atoms with E-state index in [9.17, 15) is 4.79 Å². The Balaban J connectivity index is 1.20. The number of carbonyl (C=O) groups is 1. The lowest BCUT2D eigenvalue weighted by molar-refractivity contribution is -0.131. The summed E-state index contributed by atoms with van der Waals surface area (Å²) in [5.41, 5.74) is 0. The summed E-state index contributed by atoms with van der Waals surface area (Å²) in [5, 5.41) is 10.2. The lowest BCUT2D eigenvalue weighted by atomic mass is 9.75. The Bertz CT molecular complexity index is 932. The molecular formula is C23H29ClN4O2S. The molecule has 1 saturated heterocycles. The molecule has 0 spiro atoms. The highest BCUT2D eigenvalue weighted by Gasteiger charge is 2.34. The van der Waals surface area contributed by atoms with Gasteiger partial charge in [-0.2, -0.15) is 0 Å². The van der Waals surface area contributed by atoms with Crippen molar-refractivity contribution >= 4 is 29.3 Å². The fourth-order valence-electron chi connectivity index (χ4n) is 4.95. The van der Waals surface area contributed by atoms with Crippen LogP contribution in [0.25, 0.3) is 0 Å². The first-order valence-electron chi connectivity index (χ1n) is 11.4. The third-order valence-electron chi connectivity index (χ3n) is 6.81. The maximum atomic E-state index is 12.9. The van der Waals surface area contributed by atoms with Crippen LogP contribution in [0.4, 0.5) is 0 Å². The molecule has 0 N–H and O–H groups in total. The van der Waals surface area contributed by atoms with Gasteiger partial charge >= 0.3 is 0 Å². The first kappa shape index (κ1) is 21.1. The number of hydrogen-bond acceptors (Lipinski definition) is 5. The van der Waals surface area contributed by atoms with Gasteiger partial charge in [-0.05, 0) is 49.7 Å². The number of piperidine rings is 1. The number of carbonyl (C=O) groups excluding carboxylic acids is 1. The Hall–Kier alpha value is -1.73. The summed E-state index contributed by atoms with van der Waals surface area (Å²) in [6.07, 6.45) is 8.73. The van der Waals surface area contributed by atoms with Gasteiger partial charge in [0.15, 0.2) is 11.0 Å². The number of aromatic nitrogens is 3. The van der Waals surface area contributed by atoms with Crippen LogP contribution >= 0.6 is 23.4 Å². The smallest absolute Gasteiger partial charge is 0.233 e. The highest BCUT2D eigenvalue weighted by atomic mass is 35.5. The number of nitrogens with zero attached hydrogens (tertiary/aromatic N) is 4. The molecule has 1 amide bonds. The molecular weight excluding hydrogens is 432 g/mol. The number of halogens is 1. The maximum absolute atomic E-state index is 12.9. The van der Waals surface area contributed by atoms with Crippen LogP contribution < -0.4 is 4.74 Å². The zero-order valence-electron chi connectivity index (χ0n) is 17.7. The number of hydrogen-bond donors (Lipinski definition) is 0. The molecule has 8 heteroatoms. The van der Waals surface area contributed by atoms with E-state index < -0.39 is 0 Å². The summed E-state index contributed by atoms with van der Waals surface area (Å²) in [6.45, 7) is 2.17. The molecule has 6 nitrogen and oxygen atoms in total. The number of benzene rings is 1. The van der Waals surface area contributed by atoms with Crippen molar-refractivity contribution in [3.63, 3.8) is 0 Å². The lowest BCUT2D eigenvalue weighted by Gasteiger charge is -2.41. The van der Waals surface area contributed by atoms with Crippen LogP contribution in [0.3, 0.4) is 0 Å². The highest BCUT2D eigenvalue weighted by Crippen LogP contribution is 2.40. The molecule has 2 heterocycles. The fourth-order valence-corrected chi connectivity index (χ4v) is 6.07. The molecule has 2 aliphatic carbocycles. The van der Waals surface area contributed by atoms with Crippen molar-refractivity contribution in [2.24, 2.45) is 11.8 Å². The van der Waals surface area contributed by atoms with Crippen molar-refractivity contribution in [3.05, 3.63) is 35.1 Å². The Morgan fingerprint density at radius 1 is 1.10 bits per heavy atom. The zero-order chi connectivity index (χ0) is 21.2. The van der Waals surface area contributed by atoms with Crippen LogP contribution in [0.5, 0.6) is 5.75 Å². The number of ether oxygens (including phenoxy) is 1. The summed E-state index contributed by atoms with van der Waals surface area (Å²) in [7, 11) is 0. The number of fused-ring (bicyclic) bond motifs is 1. The van der Waals surface area contributed by atoms with Gasteiger partial charge in [0.2, 0.25) is 5.91 Å². The van der Waals surface area contributed by atoms with Gasteiger partial charge in [0.05, 0.1) is 10.8 Å². The van der Waals surface area contributed by atoms with Gasteiger partial charge < -0.3 is 9.64 Å². The van der Waals surface area contributed by atoms with Crippen LogP contribution in [-0.2, 0) is 11.4 Å². The molecule has 1 aliphatic heterocycles. The normalized spacial score (nSPS) is 23.5. The fraction of sp³-hybridized carbons (Fsp3) is 0.609. The second kappa shape index (κ2) is 9.41. The SMILES string of the molecule is O=C(CSc1nnc(COc2ccccc2Cl)n1C1CC1)N1CC[C@H]2CCCC[C@H]2C1. The van der Waals surface area contributed by atoms with Crippen LogP contribution in [0.1, 0.15) is 56.8 Å². The number of amides is 1. The molecule has 3 aliphatic rings. The van der Waals surface area contributed by atoms with Gasteiger partial charge in [0.25, 0.3) is 0 Å².